The second-order valence-electron chi connectivity index (χ2n) is 6.80. The summed E-state index contributed by atoms with van der Waals surface area (Å²) in [5, 5.41) is 22.8. The summed E-state index contributed by atoms with van der Waals surface area (Å²) in [6.07, 6.45) is -0.942. The van der Waals surface area contributed by atoms with Crippen LogP contribution >= 0.6 is 0 Å². The predicted molar refractivity (Wildman–Crippen MR) is 107 cm³/mol. The Balaban J connectivity index is 2.30. The van der Waals surface area contributed by atoms with Crippen molar-refractivity contribution in [2.45, 2.75) is 31.7 Å². The largest absolute Gasteiger partial charge is 0.480 e. The first-order valence-electron chi connectivity index (χ1n) is 9.47. The number of esters is 1. The summed E-state index contributed by atoms with van der Waals surface area (Å²) in [5.74, 6) is -5.97. The first kappa shape index (κ1) is 24.4. The van der Waals surface area contributed by atoms with Crippen LogP contribution < -0.4 is 5.32 Å². The molecule has 9 nitrogen and oxygen atoms in total. The maximum absolute atomic E-state index is 13.4. The third kappa shape index (κ3) is 6.83. The number of nitrogens with zero attached hydrogens (tertiary/aromatic N) is 1. The van der Waals surface area contributed by atoms with Crippen LogP contribution in [0.2, 0.25) is 0 Å². The van der Waals surface area contributed by atoms with E-state index < -0.39 is 59.2 Å². The van der Waals surface area contributed by atoms with Gasteiger partial charge in [-0.2, -0.15) is 0 Å². The highest BCUT2D eigenvalue weighted by molar-refractivity contribution is 5.86. The van der Waals surface area contributed by atoms with Gasteiger partial charge in [-0.1, -0.05) is 12.1 Å². The van der Waals surface area contributed by atoms with Crippen LogP contribution in [0.15, 0.2) is 42.5 Å². The highest BCUT2D eigenvalue weighted by atomic mass is 19.1. The molecule has 0 spiro atoms. The number of halogens is 2. The monoisotopic (exact) mass is 450 g/mol. The quantitative estimate of drug-likeness (QED) is 0.323. The molecule has 0 bridgehead atoms. The zero-order valence-corrected chi connectivity index (χ0v) is 16.9. The van der Waals surface area contributed by atoms with Crippen molar-refractivity contribution in [1.82, 2.24) is 5.32 Å². The van der Waals surface area contributed by atoms with Crippen molar-refractivity contribution in [3.63, 3.8) is 0 Å². The molecule has 0 saturated heterocycles. The summed E-state index contributed by atoms with van der Waals surface area (Å²) in [4.78, 5) is 46.6. The lowest BCUT2D eigenvalue weighted by Gasteiger charge is -2.25. The number of carbonyl (C=O) groups excluding carboxylic acids is 2. The summed E-state index contributed by atoms with van der Waals surface area (Å²) in [5.41, 5.74) is -0.0118. The number of rotatable bonds is 10. The molecule has 2 N–H and O–H groups in total. The van der Waals surface area contributed by atoms with E-state index in [0.717, 1.165) is 24.3 Å². The maximum atomic E-state index is 13.4. The normalized spacial score (nSPS) is 12.5. The first-order valence-corrected chi connectivity index (χ1v) is 9.47. The number of ether oxygens (including phenoxy) is 1. The number of nitro groups is 1. The Labute approximate surface area is 181 Å². The molecule has 0 aliphatic heterocycles. The molecule has 170 valence electrons. The van der Waals surface area contributed by atoms with Gasteiger partial charge in [0.1, 0.15) is 17.7 Å². The fourth-order valence-corrected chi connectivity index (χ4v) is 3.13. The average Bonchev–Trinajstić information content (AvgIpc) is 2.70. The molecule has 2 rings (SSSR count). The second kappa shape index (κ2) is 10.9. The van der Waals surface area contributed by atoms with Crippen molar-refractivity contribution in [3.05, 3.63) is 75.3 Å². The number of nitrogens with one attached hydrogen (secondary N) is 1. The number of carboxylic acids is 1. The van der Waals surface area contributed by atoms with Gasteiger partial charge < -0.3 is 15.2 Å². The summed E-state index contributed by atoms with van der Waals surface area (Å²) in [6, 6.07) is 5.74. The van der Waals surface area contributed by atoms with Gasteiger partial charge in [0.2, 0.25) is 5.91 Å². The Morgan fingerprint density at radius 2 is 1.72 bits per heavy atom. The lowest BCUT2D eigenvalue weighted by atomic mass is 9.88. The minimum absolute atomic E-state index is 0.0126. The molecule has 32 heavy (non-hydrogen) atoms. The Hall–Kier alpha value is -3.89. The lowest BCUT2D eigenvalue weighted by molar-refractivity contribution is -0.384. The minimum Gasteiger partial charge on any atom is -0.480 e. The topological polar surface area (TPSA) is 136 Å². The van der Waals surface area contributed by atoms with Crippen LogP contribution in [-0.4, -0.2) is 40.5 Å². The van der Waals surface area contributed by atoms with E-state index in [2.05, 4.69) is 5.32 Å². The van der Waals surface area contributed by atoms with E-state index in [-0.39, 0.29) is 23.4 Å². The number of hydrogen-bond donors (Lipinski definition) is 2. The molecule has 0 aromatic heterocycles. The molecule has 11 heteroatoms. The third-order valence-corrected chi connectivity index (χ3v) is 4.50. The van der Waals surface area contributed by atoms with Crippen LogP contribution in [0.5, 0.6) is 0 Å². The Morgan fingerprint density at radius 1 is 1.12 bits per heavy atom. The minimum atomic E-state index is -1.62. The van der Waals surface area contributed by atoms with Crippen LogP contribution in [0.3, 0.4) is 0 Å². The van der Waals surface area contributed by atoms with Gasteiger partial charge in [0.05, 0.1) is 24.4 Å². The van der Waals surface area contributed by atoms with E-state index in [1.165, 1.54) is 12.1 Å². The van der Waals surface area contributed by atoms with Gasteiger partial charge in [0.15, 0.2) is 0 Å². The molecule has 0 saturated carbocycles. The number of carboxylic acid groups (broad SMARTS) is 1. The van der Waals surface area contributed by atoms with Gasteiger partial charge in [-0.05, 0) is 30.2 Å². The number of amides is 1. The van der Waals surface area contributed by atoms with Gasteiger partial charge in [-0.15, -0.1) is 0 Å². The number of hydrogen-bond acceptors (Lipinski definition) is 6. The number of aliphatic carboxylic acids is 1. The van der Waals surface area contributed by atoms with Gasteiger partial charge >= 0.3 is 11.9 Å². The molecule has 2 aromatic carbocycles. The zero-order chi connectivity index (χ0) is 23.8. The SMILES string of the molecule is CCOC(=O)C[C@@H](c1ccc([N+](=O)[O-])cc1)[C@@H](NC(=O)Cc1cc(F)cc(F)c1)C(=O)O. The van der Waals surface area contributed by atoms with E-state index in [0.29, 0.717) is 6.07 Å². The summed E-state index contributed by atoms with van der Waals surface area (Å²) >= 11 is 0. The molecular weight excluding hydrogens is 430 g/mol. The Morgan fingerprint density at radius 3 is 2.22 bits per heavy atom. The molecule has 0 aliphatic carbocycles. The van der Waals surface area contributed by atoms with Gasteiger partial charge in [-0.25, -0.2) is 13.6 Å². The van der Waals surface area contributed by atoms with Crippen molar-refractivity contribution in [1.29, 1.82) is 0 Å². The first-order chi connectivity index (χ1) is 15.1. The van der Waals surface area contributed by atoms with E-state index in [1.807, 2.05) is 0 Å². The van der Waals surface area contributed by atoms with E-state index in [4.69, 9.17) is 4.74 Å². The molecule has 1 amide bonds. The average molecular weight is 450 g/mol. The van der Waals surface area contributed by atoms with Crippen LogP contribution in [0.25, 0.3) is 0 Å². The molecular formula is C21H20F2N2O7. The number of nitro benzene ring substituents is 1. The van der Waals surface area contributed by atoms with E-state index in [9.17, 15) is 38.4 Å². The molecule has 0 unspecified atom stereocenters. The number of non-ortho nitro benzene ring substituents is 1. The van der Waals surface area contributed by atoms with Crippen molar-refractivity contribution in [2.24, 2.45) is 0 Å². The smallest absolute Gasteiger partial charge is 0.326 e. The van der Waals surface area contributed by atoms with Crippen LogP contribution in [-0.2, 0) is 25.5 Å². The highest BCUT2D eigenvalue weighted by Crippen LogP contribution is 2.27. The van der Waals surface area contributed by atoms with Crippen LogP contribution in [0.1, 0.15) is 30.4 Å². The molecule has 0 aliphatic rings. The molecule has 0 radical (unpaired) electrons. The van der Waals surface area contributed by atoms with Crippen LogP contribution in [0.4, 0.5) is 14.5 Å². The van der Waals surface area contributed by atoms with Crippen LogP contribution in [0, 0.1) is 21.7 Å². The lowest BCUT2D eigenvalue weighted by Crippen LogP contribution is -2.46. The fourth-order valence-electron chi connectivity index (χ4n) is 3.13. The fraction of sp³-hybridized carbons (Fsp3) is 0.286. The standard InChI is InChI=1S/C21H20F2N2O7/c1-2-32-19(27)11-17(13-3-5-16(6-4-13)25(30)31)20(21(28)29)24-18(26)9-12-7-14(22)10-15(23)8-12/h3-8,10,17,20H,2,9,11H2,1H3,(H,24,26)(H,28,29)/t17-,20+/m0/s1. The third-order valence-electron chi connectivity index (χ3n) is 4.50. The summed E-state index contributed by atoms with van der Waals surface area (Å²) < 4.78 is 31.6. The summed E-state index contributed by atoms with van der Waals surface area (Å²) in [6.45, 7) is 1.61. The van der Waals surface area contributed by atoms with E-state index >= 15 is 0 Å². The van der Waals surface area contributed by atoms with Crippen molar-refractivity contribution in [2.75, 3.05) is 6.61 Å². The maximum Gasteiger partial charge on any atom is 0.326 e. The molecule has 0 heterocycles. The highest BCUT2D eigenvalue weighted by Gasteiger charge is 2.33. The molecule has 0 fully saturated rings. The van der Waals surface area contributed by atoms with Gasteiger partial charge in [-0.3, -0.25) is 19.7 Å². The number of benzene rings is 2. The zero-order valence-electron chi connectivity index (χ0n) is 16.9. The Bertz CT molecular complexity index is 991. The molecule has 2 aromatic rings. The van der Waals surface area contributed by atoms with Gasteiger partial charge in [0, 0.05) is 24.1 Å². The Kier molecular flexibility index (Phi) is 8.33. The van der Waals surface area contributed by atoms with E-state index in [1.54, 1.807) is 6.92 Å². The second-order valence-corrected chi connectivity index (χ2v) is 6.80. The molecule has 2 atom stereocenters. The number of carbonyl (C=O) groups is 3. The van der Waals surface area contributed by atoms with Gasteiger partial charge in [0.25, 0.3) is 5.69 Å². The summed E-state index contributed by atoms with van der Waals surface area (Å²) in [7, 11) is 0. The predicted octanol–water partition coefficient (Wildman–Crippen LogP) is 2.72. The van der Waals surface area contributed by atoms with Crippen molar-refractivity contribution in [3.8, 4) is 0 Å². The van der Waals surface area contributed by atoms with Crippen molar-refractivity contribution < 1.29 is 37.9 Å². The van der Waals surface area contributed by atoms with Crippen molar-refractivity contribution >= 4 is 23.5 Å².